The molecule has 0 bridgehead atoms. The Kier molecular flexibility index (Phi) is 1.64. The number of hydrogen-bond acceptors (Lipinski definition) is 3. The SMILES string of the molecule is NCC1COC2OCCC12. The fraction of sp³-hybridized carbons (Fsp3) is 1.00. The van der Waals surface area contributed by atoms with Crippen LogP contribution in [0.25, 0.3) is 0 Å². The molecule has 0 aromatic heterocycles. The summed E-state index contributed by atoms with van der Waals surface area (Å²) in [4.78, 5) is 0. The molecule has 0 saturated carbocycles. The smallest absolute Gasteiger partial charge is 0.160 e. The highest BCUT2D eigenvalue weighted by molar-refractivity contribution is 4.82. The molecule has 2 aliphatic heterocycles. The summed E-state index contributed by atoms with van der Waals surface area (Å²) in [5.74, 6) is 1.14. The molecular formula is C7H13NO2. The molecule has 2 aliphatic rings. The molecule has 2 saturated heterocycles. The fourth-order valence-corrected chi connectivity index (χ4v) is 1.79. The first kappa shape index (κ1) is 6.58. The van der Waals surface area contributed by atoms with Crippen molar-refractivity contribution in [2.24, 2.45) is 17.6 Å². The van der Waals surface area contributed by atoms with E-state index in [4.69, 9.17) is 15.2 Å². The lowest BCUT2D eigenvalue weighted by molar-refractivity contribution is -0.0905. The van der Waals surface area contributed by atoms with Gasteiger partial charge in [-0.05, 0) is 13.0 Å². The van der Waals surface area contributed by atoms with Gasteiger partial charge in [0.15, 0.2) is 6.29 Å². The van der Waals surface area contributed by atoms with Crippen LogP contribution >= 0.6 is 0 Å². The standard InChI is InChI=1S/C7H13NO2/c8-3-5-4-10-7-6(5)1-2-9-7/h5-7H,1-4,8H2. The Morgan fingerprint density at radius 3 is 3.10 bits per heavy atom. The van der Waals surface area contributed by atoms with Crippen molar-refractivity contribution in [1.82, 2.24) is 0 Å². The highest BCUT2D eigenvalue weighted by Gasteiger charge is 2.40. The zero-order valence-corrected chi connectivity index (χ0v) is 5.95. The van der Waals surface area contributed by atoms with E-state index >= 15 is 0 Å². The summed E-state index contributed by atoms with van der Waals surface area (Å²) < 4.78 is 10.7. The number of hydrogen-bond donors (Lipinski definition) is 1. The Bertz CT molecular complexity index is 129. The highest BCUT2D eigenvalue weighted by atomic mass is 16.7. The van der Waals surface area contributed by atoms with E-state index in [-0.39, 0.29) is 6.29 Å². The van der Waals surface area contributed by atoms with Gasteiger partial charge in [-0.15, -0.1) is 0 Å². The molecule has 0 aromatic rings. The number of nitrogens with two attached hydrogens (primary N) is 1. The van der Waals surface area contributed by atoms with Gasteiger partial charge in [0.25, 0.3) is 0 Å². The molecule has 58 valence electrons. The van der Waals surface area contributed by atoms with Crippen LogP contribution in [-0.4, -0.2) is 26.0 Å². The third-order valence-electron chi connectivity index (χ3n) is 2.47. The predicted octanol–water partition coefficient (Wildman–Crippen LogP) is -0.0459. The van der Waals surface area contributed by atoms with Gasteiger partial charge in [0, 0.05) is 11.8 Å². The van der Waals surface area contributed by atoms with Gasteiger partial charge < -0.3 is 15.2 Å². The molecule has 3 unspecified atom stereocenters. The van der Waals surface area contributed by atoms with Gasteiger partial charge in [-0.1, -0.05) is 0 Å². The van der Waals surface area contributed by atoms with Crippen LogP contribution in [0.4, 0.5) is 0 Å². The summed E-state index contributed by atoms with van der Waals surface area (Å²) in [6, 6.07) is 0. The van der Waals surface area contributed by atoms with Gasteiger partial charge in [-0.2, -0.15) is 0 Å². The summed E-state index contributed by atoms with van der Waals surface area (Å²) >= 11 is 0. The fourth-order valence-electron chi connectivity index (χ4n) is 1.79. The Labute approximate surface area is 60.5 Å². The van der Waals surface area contributed by atoms with Crippen molar-refractivity contribution in [1.29, 1.82) is 0 Å². The van der Waals surface area contributed by atoms with E-state index in [2.05, 4.69) is 0 Å². The molecule has 2 heterocycles. The highest BCUT2D eigenvalue weighted by Crippen LogP contribution is 2.34. The van der Waals surface area contributed by atoms with E-state index in [1.165, 1.54) is 0 Å². The zero-order chi connectivity index (χ0) is 6.97. The topological polar surface area (TPSA) is 44.5 Å². The van der Waals surface area contributed by atoms with Crippen LogP contribution in [-0.2, 0) is 9.47 Å². The van der Waals surface area contributed by atoms with Crippen LogP contribution < -0.4 is 5.73 Å². The maximum atomic E-state index is 5.55. The van der Waals surface area contributed by atoms with E-state index in [1.807, 2.05) is 0 Å². The van der Waals surface area contributed by atoms with E-state index in [0.29, 0.717) is 11.8 Å². The first-order valence-corrected chi connectivity index (χ1v) is 3.85. The molecule has 2 fully saturated rings. The minimum atomic E-state index is 0.0774. The summed E-state index contributed by atoms with van der Waals surface area (Å²) in [6.45, 7) is 2.39. The second-order valence-corrected chi connectivity index (χ2v) is 3.02. The van der Waals surface area contributed by atoms with Crippen molar-refractivity contribution < 1.29 is 9.47 Å². The Morgan fingerprint density at radius 2 is 2.30 bits per heavy atom. The van der Waals surface area contributed by atoms with Gasteiger partial charge in [-0.3, -0.25) is 0 Å². The van der Waals surface area contributed by atoms with Crippen LogP contribution in [0.1, 0.15) is 6.42 Å². The molecular weight excluding hydrogens is 130 g/mol. The maximum absolute atomic E-state index is 5.55. The molecule has 0 radical (unpaired) electrons. The molecule has 0 amide bonds. The predicted molar refractivity (Wildman–Crippen MR) is 36.3 cm³/mol. The molecule has 0 aromatic carbocycles. The lowest BCUT2D eigenvalue weighted by atomic mass is 9.94. The first-order valence-electron chi connectivity index (χ1n) is 3.85. The minimum absolute atomic E-state index is 0.0774. The van der Waals surface area contributed by atoms with Gasteiger partial charge in [0.05, 0.1) is 13.2 Å². The zero-order valence-electron chi connectivity index (χ0n) is 5.95. The quantitative estimate of drug-likeness (QED) is 0.560. The Morgan fingerprint density at radius 1 is 1.40 bits per heavy atom. The van der Waals surface area contributed by atoms with E-state index in [1.54, 1.807) is 0 Å². The van der Waals surface area contributed by atoms with Crippen LogP contribution in [0.3, 0.4) is 0 Å². The Hall–Kier alpha value is -0.120. The average molecular weight is 143 g/mol. The van der Waals surface area contributed by atoms with Gasteiger partial charge in [0.2, 0.25) is 0 Å². The molecule has 2 rings (SSSR count). The van der Waals surface area contributed by atoms with E-state index in [9.17, 15) is 0 Å². The maximum Gasteiger partial charge on any atom is 0.160 e. The lowest BCUT2D eigenvalue weighted by Gasteiger charge is -2.10. The van der Waals surface area contributed by atoms with E-state index < -0.39 is 0 Å². The summed E-state index contributed by atoms with van der Waals surface area (Å²) in [5.41, 5.74) is 5.55. The van der Waals surface area contributed by atoms with E-state index in [0.717, 1.165) is 26.2 Å². The molecule has 3 nitrogen and oxygen atoms in total. The summed E-state index contributed by atoms with van der Waals surface area (Å²) in [7, 11) is 0. The Balaban J connectivity index is 2.01. The van der Waals surface area contributed by atoms with Crippen molar-refractivity contribution in [3.05, 3.63) is 0 Å². The molecule has 0 spiro atoms. The number of rotatable bonds is 1. The van der Waals surface area contributed by atoms with Crippen molar-refractivity contribution >= 4 is 0 Å². The van der Waals surface area contributed by atoms with Crippen LogP contribution in [0.15, 0.2) is 0 Å². The van der Waals surface area contributed by atoms with Crippen molar-refractivity contribution in [2.45, 2.75) is 12.7 Å². The van der Waals surface area contributed by atoms with Crippen LogP contribution in [0.5, 0.6) is 0 Å². The second-order valence-electron chi connectivity index (χ2n) is 3.02. The van der Waals surface area contributed by atoms with Gasteiger partial charge in [-0.25, -0.2) is 0 Å². The summed E-state index contributed by atoms with van der Waals surface area (Å²) in [5, 5.41) is 0. The number of fused-ring (bicyclic) bond motifs is 1. The van der Waals surface area contributed by atoms with Gasteiger partial charge in [0.1, 0.15) is 0 Å². The van der Waals surface area contributed by atoms with Crippen molar-refractivity contribution in [2.75, 3.05) is 19.8 Å². The van der Waals surface area contributed by atoms with Crippen molar-refractivity contribution in [3.63, 3.8) is 0 Å². The average Bonchev–Trinajstić information content (AvgIpc) is 2.44. The molecule has 0 aliphatic carbocycles. The normalized spacial score (nSPS) is 45.9. The largest absolute Gasteiger partial charge is 0.352 e. The minimum Gasteiger partial charge on any atom is -0.352 e. The monoisotopic (exact) mass is 143 g/mol. The molecule has 3 heteroatoms. The lowest BCUT2D eigenvalue weighted by Crippen LogP contribution is -2.22. The third-order valence-corrected chi connectivity index (χ3v) is 2.47. The summed E-state index contributed by atoms with van der Waals surface area (Å²) in [6.07, 6.45) is 1.21. The second kappa shape index (κ2) is 2.49. The molecule has 10 heavy (non-hydrogen) atoms. The van der Waals surface area contributed by atoms with Gasteiger partial charge >= 0.3 is 0 Å². The molecule has 3 atom stereocenters. The first-order chi connectivity index (χ1) is 4.92. The molecule has 2 N–H and O–H groups in total. The number of ether oxygens (including phenoxy) is 2. The van der Waals surface area contributed by atoms with Crippen molar-refractivity contribution in [3.8, 4) is 0 Å². The van der Waals surface area contributed by atoms with Crippen LogP contribution in [0.2, 0.25) is 0 Å². The third kappa shape index (κ3) is 0.856. The van der Waals surface area contributed by atoms with Crippen LogP contribution in [0, 0.1) is 11.8 Å².